The molecule has 2 aliphatic carbocycles. The third-order valence-corrected chi connectivity index (χ3v) is 8.78. The second kappa shape index (κ2) is 8.55. The average molecular weight is 435 g/mol. The molecule has 0 spiro atoms. The first-order chi connectivity index (χ1) is 13.8. The molecule has 5 nitrogen and oxygen atoms in total. The molecule has 166 valence electrons. The predicted octanol–water partition coefficient (Wildman–Crippen LogP) is 2.60. The summed E-state index contributed by atoms with van der Waals surface area (Å²) < 4.78 is 39.9. The highest BCUT2D eigenvalue weighted by Crippen LogP contribution is 2.45. The maximum Gasteiger partial charge on any atom is 0.406 e. The van der Waals surface area contributed by atoms with Gasteiger partial charge in [0.2, 0.25) is 5.91 Å². The highest BCUT2D eigenvalue weighted by atomic mass is 32.2. The van der Waals surface area contributed by atoms with E-state index in [1.165, 1.54) is 31.0 Å². The van der Waals surface area contributed by atoms with Crippen LogP contribution in [0.3, 0.4) is 0 Å². The van der Waals surface area contributed by atoms with E-state index in [0.29, 0.717) is 37.9 Å². The molecule has 4 fully saturated rings. The summed E-state index contributed by atoms with van der Waals surface area (Å²) in [5.41, 5.74) is 4.52. The lowest BCUT2D eigenvalue weighted by molar-refractivity contribution is -0.217. The quantitative estimate of drug-likeness (QED) is 0.581. The number of piperidine rings is 1. The number of rotatable bonds is 5. The highest BCUT2D eigenvalue weighted by molar-refractivity contribution is 7.99. The fourth-order valence-corrected chi connectivity index (χ4v) is 6.66. The lowest BCUT2D eigenvalue weighted by atomic mass is 9.76. The molecule has 0 radical (unpaired) electrons. The summed E-state index contributed by atoms with van der Waals surface area (Å²) in [5, 5.41) is 6.25. The molecule has 5 atom stereocenters. The SMILES string of the molecule is NC1CCN(C(=O)C2CC3CCCCC3N2)CC1SCNC1(C(F)(F)F)CCC1. The number of alkyl halides is 3. The van der Waals surface area contributed by atoms with Gasteiger partial charge in [-0.15, -0.1) is 11.8 Å². The van der Waals surface area contributed by atoms with Crippen LogP contribution in [0.4, 0.5) is 13.2 Å². The maximum absolute atomic E-state index is 13.3. The number of fused-ring (bicyclic) bond motifs is 1. The minimum atomic E-state index is -4.21. The summed E-state index contributed by atoms with van der Waals surface area (Å²) in [4.78, 5) is 15.0. The van der Waals surface area contributed by atoms with Crippen molar-refractivity contribution in [2.75, 3.05) is 19.0 Å². The van der Waals surface area contributed by atoms with E-state index in [1.807, 2.05) is 4.90 Å². The van der Waals surface area contributed by atoms with Crippen molar-refractivity contribution in [2.24, 2.45) is 11.7 Å². The first kappa shape index (κ1) is 21.7. The van der Waals surface area contributed by atoms with Crippen molar-refractivity contribution < 1.29 is 18.0 Å². The minimum Gasteiger partial charge on any atom is -0.340 e. The standard InChI is InChI=1S/C20H33F3N4OS/c21-20(22,23)19(7-3-8-19)25-12-29-17-11-27(9-6-14(17)24)18(28)16-10-13-4-1-2-5-15(13)26-16/h13-17,25-26H,1-12,24H2. The van der Waals surface area contributed by atoms with Gasteiger partial charge in [-0.1, -0.05) is 12.8 Å². The third kappa shape index (κ3) is 4.43. The highest BCUT2D eigenvalue weighted by Gasteiger charge is 2.58. The molecule has 29 heavy (non-hydrogen) atoms. The lowest BCUT2D eigenvalue weighted by Crippen LogP contribution is -2.61. The van der Waals surface area contributed by atoms with Crippen LogP contribution in [0.15, 0.2) is 0 Å². The van der Waals surface area contributed by atoms with Gasteiger partial charge >= 0.3 is 6.18 Å². The zero-order chi connectivity index (χ0) is 20.6. The number of carbonyl (C=O) groups is 1. The molecular weight excluding hydrogens is 401 g/mol. The molecule has 0 aromatic heterocycles. The minimum absolute atomic E-state index is 0.0331. The molecule has 9 heteroatoms. The van der Waals surface area contributed by atoms with E-state index >= 15 is 0 Å². The molecule has 5 unspecified atom stereocenters. The van der Waals surface area contributed by atoms with E-state index < -0.39 is 11.7 Å². The largest absolute Gasteiger partial charge is 0.406 e. The van der Waals surface area contributed by atoms with Gasteiger partial charge < -0.3 is 16.0 Å². The maximum atomic E-state index is 13.3. The Kier molecular flexibility index (Phi) is 6.40. The normalized spacial score (nSPS) is 37.1. The van der Waals surface area contributed by atoms with Gasteiger partial charge in [-0.3, -0.25) is 10.1 Å². The number of hydrogen-bond acceptors (Lipinski definition) is 5. The number of nitrogens with one attached hydrogen (secondary N) is 2. The summed E-state index contributed by atoms with van der Waals surface area (Å²) in [6.45, 7) is 1.17. The molecule has 2 saturated carbocycles. The Morgan fingerprint density at radius 3 is 2.62 bits per heavy atom. The summed E-state index contributed by atoms with van der Waals surface area (Å²) in [6, 6.07) is 0.276. The van der Waals surface area contributed by atoms with E-state index in [-0.39, 0.29) is 42.0 Å². The Bertz CT molecular complexity index is 587. The molecule has 1 amide bonds. The van der Waals surface area contributed by atoms with E-state index in [2.05, 4.69) is 10.6 Å². The monoisotopic (exact) mass is 434 g/mol. The molecule has 2 saturated heterocycles. The van der Waals surface area contributed by atoms with Gasteiger partial charge in [-0.2, -0.15) is 13.2 Å². The van der Waals surface area contributed by atoms with Crippen LogP contribution in [-0.4, -0.2) is 64.9 Å². The Morgan fingerprint density at radius 2 is 1.97 bits per heavy atom. The van der Waals surface area contributed by atoms with E-state index in [4.69, 9.17) is 5.73 Å². The smallest absolute Gasteiger partial charge is 0.340 e. The van der Waals surface area contributed by atoms with Crippen LogP contribution in [0.25, 0.3) is 0 Å². The summed E-state index contributed by atoms with van der Waals surface area (Å²) in [5.74, 6) is 0.974. The van der Waals surface area contributed by atoms with Crippen LogP contribution in [0.5, 0.6) is 0 Å². The van der Waals surface area contributed by atoms with Gasteiger partial charge in [0.15, 0.2) is 0 Å². The number of thioether (sulfide) groups is 1. The van der Waals surface area contributed by atoms with Crippen LogP contribution in [0.1, 0.15) is 57.8 Å². The molecule has 0 bridgehead atoms. The van der Waals surface area contributed by atoms with Crippen molar-refractivity contribution in [2.45, 2.75) is 92.9 Å². The summed E-state index contributed by atoms with van der Waals surface area (Å²) >= 11 is 1.43. The number of halogens is 3. The number of amides is 1. The Hall–Kier alpha value is -0.510. The van der Waals surface area contributed by atoms with E-state index in [9.17, 15) is 18.0 Å². The fraction of sp³-hybridized carbons (Fsp3) is 0.950. The van der Waals surface area contributed by atoms with Gasteiger partial charge in [0.05, 0.1) is 6.04 Å². The number of nitrogens with two attached hydrogens (primary N) is 1. The molecule has 4 aliphatic rings. The second-order valence-electron chi connectivity index (χ2n) is 9.30. The Balaban J connectivity index is 1.28. The molecule has 2 heterocycles. The van der Waals surface area contributed by atoms with E-state index in [0.717, 1.165) is 12.8 Å². The Labute approximate surface area is 175 Å². The van der Waals surface area contributed by atoms with Gasteiger partial charge in [0.25, 0.3) is 0 Å². The topological polar surface area (TPSA) is 70.4 Å². The molecule has 4 N–H and O–H groups in total. The Morgan fingerprint density at radius 1 is 1.21 bits per heavy atom. The van der Waals surface area contributed by atoms with Crippen molar-refractivity contribution in [3.8, 4) is 0 Å². The van der Waals surface area contributed by atoms with Gasteiger partial charge in [0.1, 0.15) is 5.54 Å². The number of likely N-dealkylation sites (tertiary alicyclic amines) is 1. The van der Waals surface area contributed by atoms with Crippen molar-refractivity contribution >= 4 is 17.7 Å². The fourth-order valence-electron chi connectivity index (χ4n) is 5.42. The van der Waals surface area contributed by atoms with Gasteiger partial charge in [-0.25, -0.2) is 0 Å². The zero-order valence-electron chi connectivity index (χ0n) is 16.8. The van der Waals surface area contributed by atoms with Crippen molar-refractivity contribution in [1.82, 2.24) is 15.5 Å². The lowest BCUT2D eigenvalue weighted by Gasteiger charge is -2.44. The first-order valence-corrected chi connectivity index (χ1v) is 12.1. The van der Waals surface area contributed by atoms with Crippen molar-refractivity contribution in [3.63, 3.8) is 0 Å². The number of nitrogens with zero attached hydrogens (tertiary/aromatic N) is 1. The van der Waals surface area contributed by atoms with Crippen LogP contribution < -0.4 is 16.4 Å². The predicted molar refractivity (Wildman–Crippen MR) is 108 cm³/mol. The summed E-state index contributed by atoms with van der Waals surface area (Å²) in [6.07, 6.45) is 3.16. The van der Waals surface area contributed by atoms with Crippen LogP contribution in [-0.2, 0) is 4.79 Å². The first-order valence-electron chi connectivity index (χ1n) is 11.0. The molecule has 0 aromatic rings. The molecular formula is C20H33F3N4OS. The number of carbonyl (C=O) groups excluding carboxylic acids is 1. The van der Waals surface area contributed by atoms with Crippen molar-refractivity contribution in [1.29, 1.82) is 0 Å². The summed E-state index contributed by atoms with van der Waals surface area (Å²) in [7, 11) is 0. The second-order valence-corrected chi connectivity index (χ2v) is 10.5. The molecule has 4 rings (SSSR count). The van der Waals surface area contributed by atoms with Gasteiger partial charge in [-0.05, 0) is 50.9 Å². The van der Waals surface area contributed by atoms with Gasteiger partial charge in [0, 0.05) is 36.3 Å². The third-order valence-electron chi connectivity index (χ3n) is 7.54. The van der Waals surface area contributed by atoms with E-state index in [1.54, 1.807) is 0 Å². The van der Waals surface area contributed by atoms with Crippen molar-refractivity contribution in [3.05, 3.63) is 0 Å². The zero-order valence-corrected chi connectivity index (χ0v) is 17.7. The molecule has 0 aromatic carbocycles. The average Bonchev–Trinajstić information content (AvgIpc) is 3.07. The number of hydrogen-bond donors (Lipinski definition) is 3. The van der Waals surface area contributed by atoms with Crippen LogP contribution in [0, 0.1) is 5.92 Å². The van der Waals surface area contributed by atoms with Crippen LogP contribution in [0.2, 0.25) is 0 Å². The molecule has 2 aliphatic heterocycles. The van der Waals surface area contributed by atoms with Crippen LogP contribution >= 0.6 is 11.8 Å².